The zero-order chi connectivity index (χ0) is 19.4. The van der Waals surface area contributed by atoms with Gasteiger partial charge >= 0.3 is 0 Å². The number of nitriles is 1. The monoisotopic (exact) mass is 378 g/mol. The van der Waals surface area contributed by atoms with Gasteiger partial charge in [-0.1, -0.05) is 36.0 Å². The first-order valence-electron chi connectivity index (χ1n) is 8.13. The van der Waals surface area contributed by atoms with Crippen LogP contribution in [0.3, 0.4) is 0 Å². The number of thioether (sulfide) groups is 1. The summed E-state index contributed by atoms with van der Waals surface area (Å²) in [7, 11) is 0. The van der Waals surface area contributed by atoms with E-state index in [0.29, 0.717) is 10.7 Å². The van der Waals surface area contributed by atoms with Crippen molar-refractivity contribution >= 4 is 34.0 Å². The molecule has 1 aromatic heterocycles. The fourth-order valence-electron chi connectivity index (χ4n) is 2.64. The summed E-state index contributed by atoms with van der Waals surface area (Å²) < 4.78 is 13.2. The Bertz CT molecular complexity index is 1060. The normalized spacial score (nSPS) is 11.7. The van der Waals surface area contributed by atoms with E-state index in [9.17, 15) is 9.18 Å². The van der Waals surface area contributed by atoms with E-state index in [1.54, 1.807) is 12.1 Å². The third-order valence-corrected chi connectivity index (χ3v) is 5.01. The van der Waals surface area contributed by atoms with Crippen molar-refractivity contribution in [1.82, 2.24) is 10.2 Å². The lowest BCUT2D eigenvalue weighted by atomic mass is 10.0. The Balaban J connectivity index is 1.94. The predicted octanol–water partition coefficient (Wildman–Crippen LogP) is 4.28. The Hall–Kier alpha value is -3.11. The highest BCUT2D eigenvalue weighted by atomic mass is 32.2. The van der Waals surface area contributed by atoms with Crippen molar-refractivity contribution in [2.45, 2.75) is 11.9 Å². The molecule has 2 aromatic carbocycles. The third kappa shape index (κ3) is 4.01. The van der Waals surface area contributed by atoms with Crippen molar-refractivity contribution in [3.63, 3.8) is 0 Å². The standard InChI is InChI=1S/C20H15FN4OS/c1-12(23)17(10-22)18(26)11-27-20-16-5-3-2-4-15(16)19(24-25-20)13-6-8-14(21)9-7-13/h2-9,17,23H,11H2,1H3. The minimum absolute atomic E-state index is 0.0308. The van der Waals surface area contributed by atoms with Gasteiger partial charge in [0.25, 0.3) is 0 Å². The summed E-state index contributed by atoms with van der Waals surface area (Å²) in [6.07, 6.45) is 0. The molecular formula is C20H15FN4OS. The van der Waals surface area contributed by atoms with E-state index in [1.807, 2.05) is 30.3 Å². The number of halogens is 1. The molecule has 0 aliphatic carbocycles. The number of hydrogen-bond donors (Lipinski definition) is 1. The lowest BCUT2D eigenvalue weighted by Gasteiger charge is -2.10. The average molecular weight is 378 g/mol. The number of nitrogens with zero attached hydrogens (tertiary/aromatic N) is 3. The number of hydrogen-bond acceptors (Lipinski definition) is 6. The molecule has 0 aliphatic heterocycles. The number of benzene rings is 2. The van der Waals surface area contributed by atoms with Gasteiger partial charge in [0.1, 0.15) is 22.5 Å². The van der Waals surface area contributed by atoms with E-state index >= 15 is 0 Å². The highest BCUT2D eigenvalue weighted by Gasteiger charge is 2.21. The Labute approximate surface area is 159 Å². The van der Waals surface area contributed by atoms with Gasteiger partial charge in [-0.3, -0.25) is 4.79 Å². The number of rotatable bonds is 6. The van der Waals surface area contributed by atoms with Crippen LogP contribution in [0.5, 0.6) is 0 Å². The minimum atomic E-state index is -1.03. The quantitative estimate of drug-likeness (QED) is 0.511. The topological polar surface area (TPSA) is 90.5 Å². The van der Waals surface area contributed by atoms with E-state index in [2.05, 4.69) is 10.2 Å². The Morgan fingerprint density at radius 3 is 2.48 bits per heavy atom. The fourth-order valence-corrected chi connectivity index (χ4v) is 3.52. The van der Waals surface area contributed by atoms with Crippen molar-refractivity contribution in [1.29, 1.82) is 10.7 Å². The van der Waals surface area contributed by atoms with E-state index in [4.69, 9.17) is 10.7 Å². The molecule has 0 saturated heterocycles. The van der Waals surface area contributed by atoms with Crippen molar-refractivity contribution in [3.05, 3.63) is 54.3 Å². The van der Waals surface area contributed by atoms with E-state index in [0.717, 1.165) is 16.3 Å². The lowest BCUT2D eigenvalue weighted by Crippen LogP contribution is -2.21. The molecule has 0 bridgehead atoms. The van der Waals surface area contributed by atoms with Crippen LogP contribution in [-0.2, 0) is 4.79 Å². The second-order valence-corrected chi connectivity index (χ2v) is 6.87. The number of ketones is 1. The van der Waals surface area contributed by atoms with E-state index in [-0.39, 0.29) is 23.1 Å². The molecule has 3 aromatic rings. The van der Waals surface area contributed by atoms with Crippen molar-refractivity contribution in [2.24, 2.45) is 5.92 Å². The summed E-state index contributed by atoms with van der Waals surface area (Å²) in [5.41, 5.74) is 1.41. The Morgan fingerprint density at radius 2 is 1.85 bits per heavy atom. The Morgan fingerprint density at radius 1 is 1.19 bits per heavy atom. The van der Waals surface area contributed by atoms with Gasteiger partial charge in [0, 0.05) is 22.0 Å². The Kier molecular flexibility index (Phi) is 5.57. The maximum absolute atomic E-state index is 13.2. The molecule has 1 N–H and O–H groups in total. The molecule has 0 amide bonds. The van der Waals surface area contributed by atoms with Crippen LogP contribution in [0, 0.1) is 28.5 Å². The summed E-state index contributed by atoms with van der Waals surface area (Å²) in [6.45, 7) is 1.45. The number of carbonyl (C=O) groups is 1. The highest BCUT2D eigenvalue weighted by Crippen LogP contribution is 2.32. The van der Waals surface area contributed by atoms with Gasteiger partial charge in [-0.25, -0.2) is 4.39 Å². The zero-order valence-electron chi connectivity index (χ0n) is 14.4. The average Bonchev–Trinajstić information content (AvgIpc) is 2.67. The first-order chi connectivity index (χ1) is 13.0. The van der Waals surface area contributed by atoms with Crippen LogP contribution in [0.15, 0.2) is 53.6 Å². The fraction of sp³-hybridized carbons (Fsp3) is 0.150. The van der Waals surface area contributed by atoms with Gasteiger partial charge in [0.15, 0.2) is 5.78 Å². The molecule has 7 heteroatoms. The molecule has 5 nitrogen and oxygen atoms in total. The van der Waals surface area contributed by atoms with Crippen molar-refractivity contribution in [2.75, 3.05) is 5.75 Å². The van der Waals surface area contributed by atoms with Crippen LogP contribution in [-0.4, -0.2) is 27.4 Å². The summed E-state index contributed by atoms with van der Waals surface area (Å²) in [6, 6.07) is 15.4. The largest absolute Gasteiger partial charge is 0.308 e. The van der Waals surface area contributed by atoms with Crippen molar-refractivity contribution in [3.8, 4) is 17.3 Å². The number of nitrogens with one attached hydrogen (secondary N) is 1. The maximum atomic E-state index is 13.2. The predicted molar refractivity (Wildman–Crippen MR) is 103 cm³/mol. The number of carbonyl (C=O) groups excluding carboxylic acids is 1. The van der Waals surface area contributed by atoms with Gasteiger partial charge in [-0.2, -0.15) is 5.26 Å². The molecule has 0 fully saturated rings. The molecule has 1 heterocycles. The number of aromatic nitrogens is 2. The summed E-state index contributed by atoms with van der Waals surface area (Å²) in [5, 5.41) is 27.3. The van der Waals surface area contributed by atoms with E-state index in [1.165, 1.54) is 30.8 Å². The molecular weight excluding hydrogens is 363 g/mol. The smallest absolute Gasteiger partial charge is 0.165 e. The lowest BCUT2D eigenvalue weighted by molar-refractivity contribution is -0.117. The second kappa shape index (κ2) is 8.06. The minimum Gasteiger partial charge on any atom is -0.308 e. The molecule has 3 rings (SSSR count). The highest BCUT2D eigenvalue weighted by molar-refractivity contribution is 8.00. The molecule has 1 atom stereocenters. The molecule has 0 saturated carbocycles. The van der Waals surface area contributed by atoms with Crippen LogP contribution in [0.1, 0.15) is 6.92 Å². The molecule has 0 radical (unpaired) electrons. The van der Waals surface area contributed by atoms with Crippen LogP contribution in [0.4, 0.5) is 4.39 Å². The molecule has 134 valence electrons. The maximum Gasteiger partial charge on any atom is 0.165 e. The first kappa shape index (κ1) is 18.7. The van der Waals surface area contributed by atoms with Gasteiger partial charge in [-0.15, -0.1) is 10.2 Å². The molecule has 0 aliphatic rings. The van der Waals surface area contributed by atoms with E-state index < -0.39 is 5.92 Å². The second-order valence-electron chi connectivity index (χ2n) is 5.91. The molecule has 1 unspecified atom stereocenters. The van der Waals surface area contributed by atoms with Gasteiger partial charge in [-0.05, 0) is 31.2 Å². The van der Waals surface area contributed by atoms with Gasteiger partial charge < -0.3 is 5.41 Å². The number of Topliss-reactive ketones (excluding diaryl/α,β-unsaturated/α-hetero) is 1. The first-order valence-corrected chi connectivity index (χ1v) is 9.11. The van der Waals surface area contributed by atoms with Crippen LogP contribution in [0.25, 0.3) is 22.0 Å². The number of fused-ring (bicyclic) bond motifs is 1. The molecule has 27 heavy (non-hydrogen) atoms. The summed E-state index contributed by atoms with van der Waals surface area (Å²) in [5.74, 6) is -1.66. The van der Waals surface area contributed by atoms with Crippen LogP contribution >= 0.6 is 11.8 Å². The van der Waals surface area contributed by atoms with Crippen molar-refractivity contribution < 1.29 is 9.18 Å². The van der Waals surface area contributed by atoms with Crippen LogP contribution < -0.4 is 0 Å². The zero-order valence-corrected chi connectivity index (χ0v) is 15.3. The van der Waals surface area contributed by atoms with Gasteiger partial charge in [0.05, 0.1) is 11.8 Å². The summed E-state index contributed by atoms with van der Waals surface area (Å²) in [4.78, 5) is 12.2. The SMILES string of the molecule is CC(=N)C(C#N)C(=O)CSc1nnc(-c2ccc(F)cc2)c2ccccc12. The van der Waals surface area contributed by atoms with Crippen LogP contribution in [0.2, 0.25) is 0 Å². The molecule has 0 spiro atoms. The third-order valence-electron chi connectivity index (χ3n) is 4.01. The summed E-state index contributed by atoms with van der Waals surface area (Å²) >= 11 is 1.19. The van der Waals surface area contributed by atoms with Gasteiger partial charge in [0.2, 0.25) is 0 Å².